The molecule has 0 aliphatic heterocycles. The third kappa shape index (κ3) is 5.05. The van der Waals surface area contributed by atoms with Crippen LogP contribution in [0.15, 0.2) is 67.0 Å². The molecule has 1 unspecified atom stereocenters. The molecule has 31 heavy (non-hydrogen) atoms. The monoisotopic (exact) mass is 433 g/mol. The Labute approximate surface area is 177 Å². The number of carbonyl (C=O) groups excluding carboxylic acids is 1. The number of ether oxygens (including phenoxy) is 1. The lowest BCUT2D eigenvalue weighted by atomic mass is 9.97. The molecule has 9 heteroatoms. The molecule has 1 atom stereocenters. The van der Waals surface area contributed by atoms with Crippen molar-refractivity contribution >= 4 is 5.91 Å². The minimum absolute atomic E-state index is 0.118. The Morgan fingerprint density at radius 3 is 2.45 bits per heavy atom. The van der Waals surface area contributed by atoms with Gasteiger partial charge in [-0.3, -0.25) is 4.79 Å². The average Bonchev–Trinajstić information content (AvgIpc) is 3.18. The Kier molecular flexibility index (Phi) is 6.65. The van der Waals surface area contributed by atoms with Crippen molar-refractivity contribution in [3.63, 3.8) is 0 Å². The topological polar surface area (TPSA) is 76.4 Å². The van der Waals surface area contributed by atoms with E-state index in [9.17, 15) is 23.1 Å². The lowest BCUT2D eigenvalue weighted by Gasteiger charge is -2.30. The van der Waals surface area contributed by atoms with E-state index in [0.717, 1.165) is 4.57 Å². The van der Waals surface area contributed by atoms with Gasteiger partial charge in [-0.25, -0.2) is 4.98 Å². The predicted octanol–water partition coefficient (Wildman–Crippen LogP) is 3.57. The number of aromatic nitrogens is 2. The van der Waals surface area contributed by atoms with Gasteiger partial charge in [-0.1, -0.05) is 36.4 Å². The van der Waals surface area contributed by atoms with Crippen LogP contribution in [0.2, 0.25) is 0 Å². The van der Waals surface area contributed by atoms with Crippen LogP contribution in [0, 0.1) is 0 Å². The molecule has 3 aromatic rings. The number of imidazole rings is 1. The second-order valence-corrected chi connectivity index (χ2v) is 6.98. The van der Waals surface area contributed by atoms with E-state index >= 15 is 0 Å². The molecule has 0 saturated heterocycles. The number of rotatable bonds is 8. The zero-order valence-corrected chi connectivity index (χ0v) is 16.8. The number of hydrogen-bond donors (Lipinski definition) is 2. The number of aliphatic hydroxyl groups is 1. The quantitative estimate of drug-likeness (QED) is 0.570. The number of amides is 1. The van der Waals surface area contributed by atoms with Gasteiger partial charge < -0.3 is 19.7 Å². The average molecular weight is 433 g/mol. The van der Waals surface area contributed by atoms with Gasteiger partial charge in [0.25, 0.3) is 5.91 Å². The maximum absolute atomic E-state index is 13.6. The molecule has 0 saturated carbocycles. The third-order valence-electron chi connectivity index (χ3n) is 4.83. The molecule has 0 bridgehead atoms. The van der Waals surface area contributed by atoms with Gasteiger partial charge >= 0.3 is 6.18 Å². The summed E-state index contributed by atoms with van der Waals surface area (Å²) in [6.45, 7) is -0.289. The van der Waals surface area contributed by atoms with Crippen molar-refractivity contribution in [2.24, 2.45) is 7.05 Å². The fourth-order valence-electron chi connectivity index (χ4n) is 3.14. The van der Waals surface area contributed by atoms with E-state index in [-0.39, 0.29) is 12.2 Å². The summed E-state index contributed by atoms with van der Waals surface area (Å²) >= 11 is 0. The summed E-state index contributed by atoms with van der Waals surface area (Å²) in [6.07, 6.45) is -3.25. The van der Waals surface area contributed by atoms with Crippen molar-refractivity contribution < 1.29 is 27.8 Å². The first-order valence-electron chi connectivity index (χ1n) is 9.53. The molecule has 0 aliphatic rings. The molecule has 3 rings (SSSR count). The number of para-hydroxylation sites is 1. The molecule has 1 heterocycles. The third-order valence-corrected chi connectivity index (χ3v) is 4.83. The summed E-state index contributed by atoms with van der Waals surface area (Å²) in [6, 6.07) is 15.7. The van der Waals surface area contributed by atoms with E-state index in [1.807, 2.05) is 18.2 Å². The fourth-order valence-corrected chi connectivity index (χ4v) is 3.14. The Bertz CT molecular complexity index is 1020. The van der Waals surface area contributed by atoms with Gasteiger partial charge in [0.2, 0.25) is 5.60 Å². The van der Waals surface area contributed by atoms with E-state index in [2.05, 4.69) is 10.3 Å². The van der Waals surface area contributed by atoms with Gasteiger partial charge in [-0.15, -0.1) is 0 Å². The number of nitrogens with zero attached hydrogens (tertiary/aromatic N) is 2. The number of nitrogens with one attached hydrogen (secondary N) is 1. The highest BCUT2D eigenvalue weighted by Crippen LogP contribution is 2.40. The first kappa shape index (κ1) is 22.4. The van der Waals surface area contributed by atoms with Gasteiger partial charge in [0, 0.05) is 43.5 Å². The van der Waals surface area contributed by atoms with Crippen LogP contribution >= 0.6 is 0 Å². The number of alkyl halides is 3. The first-order valence-corrected chi connectivity index (χ1v) is 9.53. The Hall–Kier alpha value is -3.33. The number of halogens is 3. The molecular formula is C22H22F3N3O3. The van der Waals surface area contributed by atoms with Crippen LogP contribution in [-0.4, -0.2) is 33.3 Å². The molecule has 0 aliphatic carbocycles. The normalized spacial score (nSPS) is 13.5. The largest absolute Gasteiger partial charge is 0.489 e. The molecule has 0 radical (unpaired) electrons. The predicted molar refractivity (Wildman–Crippen MR) is 107 cm³/mol. The molecule has 164 valence electrons. The molecule has 1 aromatic heterocycles. The second kappa shape index (κ2) is 9.22. The van der Waals surface area contributed by atoms with Crippen molar-refractivity contribution in [2.75, 3.05) is 6.54 Å². The van der Waals surface area contributed by atoms with Crippen molar-refractivity contribution in [1.82, 2.24) is 14.9 Å². The summed E-state index contributed by atoms with van der Waals surface area (Å²) in [5, 5.41) is 12.8. The number of aryl methyl sites for hydroxylation is 1. The molecule has 0 spiro atoms. The summed E-state index contributed by atoms with van der Waals surface area (Å²) in [4.78, 5) is 16.3. The molecular weight excluding hydrogens is 411 g/mol. The van der Waals surface area contributed by atoms with Gasteiger partial charge in [0.05, 0.1) is 0 Å². The van der Waals surface area contributed by atoms with E-state index in [4.69, 9.17) is 4.74 Å². The summed E-state index contributed by atoms with van der Waals surface area (Å²) in [5.74, 6) is -0.467. The zero-order valence-electron chi connectivity index (χ0n) is 16.8. The summed E-state index contributed by atoms with van der Waals surface area (Å²) in [5.41, 5.74) is -2.32. The highest BCUT2D eigenvalue weighted by molar-refractivity contribution is 5.95. The maximum Gasteiger partial charge on any atom is 0.424 e. The Morgan fingerprint density at radius 2 is 1.81 bits per heavy atom. The van der Waals surface area contributed by atoms with Gasteiger partial charge in [0.1, 0.15) is 18.2 Å². The van der Waals surface area contributed by atoms with Crippen molar-refractivity contribution in [1.29, 1.82) is 0 Å². The van der Waals surface area contributed by atoms with Crippen molar-refractivity contribution in [3.05, 3.63) is 83.9 Å². The zero-order chi connectivity index (χ0) is 22.5. The van der Waals surface area contributed by atoms with Crippen molar-refractivity contribution in [3.8, 4) is 5.75 Å². The van der Waals surface area contributed by atoms with Crippen LogP contribution in [0.25, 0.3) is 0 Å². The maximum atomic E-state index is 13.6. The van der Waals surface area contributed by atoms with E-state index in [0.29, 0.717) is 11.3 Å². The molecule has 6 nitrogen and oxygen atoms in total. The van der Waals surface area contributed by atoms with E-state index in [1.54, 1.807) is 36.4 Å². The highest BCUT2D eigenvalue weighted by atomic mass is 19.4. The molecule has 2 N–H and O–H groups in total. The van der Waals surface area contributed by atoms with Gasteiger partial charge in [-0.2, -0.15) is 13.2 Å². The smallest absolute Gasteiger partial charge is 0.424 e. The fraction of sp³-hybridized carbons (Fsp3) is 0.273. The minimum Gasteiger partial charge on any atom is -0.489 e. The molecule has 0 fully saturated rings. The van der Waals surface area contributed by atoms with Gasteiger partial charge in [0.15, 0.2) is 0 Å². The molecule has 1 amide bonds. The number of benzene rings is 2. The first-order chi connectivity index (χ1) is 14.7. The second-order valence-electron chi connectivity index (χ2n) is 6.98. The Balaban J connectivity index is 1.67. The number of carbonyl (C=O) groups is 1. The lowest BCUT2D eigenvalue weighted by molar-refractivity contribution is -0.272. The highest BCUT2D eigenvalue weighted by Gasteiger charge is 2.57. The summed E-state index contributed by atoms with van der Waals surface area (Å²) in [7, 11) is 1.36. The van der Waals surface area contributed by atoms with E-state index in [1.165, 1.54) is 19.4 Å². The Morgan fingerprint density at radius 1 is 1.13 bits per heavy atom. The molecule has 2 aromatic carbocycles. The summed E-state index contributed by atoms with van der Waals surface area (Å²) < 4.78 is 47.5. The standard InChI is InChI=1S/C22H22F3N3O3/c1-28-14-13-27-20(28)21(30,22(23,24)25)11-12-26-19(29)18-10-6-5-7-16(18)15-31-17-8-3-2-4-9-17/h2-10,13-14,30H,11-12,15H2,1H3,(H,26,29). The lowest BCUT2D eigenvalue weighted by Crippen LogP contribution is -2.46. The van der Waals surface area contributed by atoms with E-state index < -0.39 is 36.5 Å². The van der Waals surface area contributed by atoms with Crippen LogP contribution in [-0.2, 0) is 19.3 Å². The van der Waals surface area contributed by atoms with Crippen LogP contribution < -0.4 is 10.1 Å². The van der Waals surface area contributed by atoms with Crippen LogP contribution in [0.3, 0.4) is 0 Å². The van der Waals surface area contributed by atoms with Crippen molar-refractivity contribution in [2.45, 2.75) is 24.8 Å². The SMILES string of the molecule is Cn1ccnc1C(O)(CCNC(=O)c1ccccc1COc1ccccc1)C(F)(F)F. The minimum atomic E-state index is -4.96. The van der Waals surface area contributed by atoms with Crippen LogP contribution in [0.1, 0.15) is 28.2 Å². The van der Waals surface area contributed by atoms with Crippen LogP contribution in [0.4, 0.5) is 13.2 Å². The van der Waals surface area contributed by atoms with Crippen LogP contribution in [0.5, 0.6) is 5.75 Å². The van der Waals surface area contributed by atoms with Gasteiger partial charge in [-0.05, 0) is 18.2 Å². The number of hydrogen-bond acceptors (Lipinski definition) is 4.